The number of carbonyl (C=O) groups is 1. The van der Waals surface area contributed by atoms with Crippen LogP contribution < -0.4 is 21.7 Å². The van der Waals surface area contributed by atoms with Gasteiger partial charge in [0.05, 0.1) is 5.75 Å². The molecule has 0 aliphatic carbocycles. The molecule has 140 valence electrons. The fourth-order valence-corrected chi connectivity index (χ4v) is 4.57. The Kier molecular flexibility index (Phi) is 9.43. The minimum Gasteiger partial charge on any atom is -1.00 e. The molecule has 0 unspecified atom stereocenters. The van der Waals surface area contributed by atoms with Gasteiger partial charge >= 0.3 is 29.1 Å². The van der Waals surface area contributed by atoms with Crippen LogP contribution >= 0.6 is 0 Å². The predicted octanol–water partition coefficient (Wildman–Crippen LogP) is 1.76. The summed E-state index contributed by atoms with van der Waals surface area (Å²) in [5, 5.41) is 1.23. The minimum atomic E-state index is -1.69. The third-order valence-corrected chi connectivity index (χ3v) is 10.5. The van der Waals surface area contributed by atoms with Gasteiger partial charge < -0.3 is 30.9 Å². The monoisotopic (exact) mass is 448 g/mol. The quantitative estimate of drug-likeness (QED) is 0.527. The van der Waals surface area contributed by atoms with Gasteiger partial charge in [0.25, 0.3) is 0 Å². The summed E-state index contributed by atoms with van der Waals surface area (Å²) in [7, 11) is -1.69. The average Bonchev–Trinajstić information content (AvgIpc) is 2.91. The minimum absolute atomic E-state index is 0. The summed E-state index contributed by atoms with van der Waals surface area (Å²) in [6, 6.07) is 9.18. The number of hydrogen-bond acceptors (Lipinski definition) is 2. The molecule has 0 N–H and O–H groups in total. The smallest absolute Gasteiger partial charge is 1.00 e. The van der Waals surface area contributed by atoms with Crippen LogP contribution in [-0.4, -0.2) is 59.6 Å². The first-order valence-corrected chi connectivity index (χ1v) is 11.6. The van der Waals surface area contributed by atoms with Crippen molar-refractivity contribution in [1.29, 1.82) is 0 Å². The van der Waals surface area contributed by atoms with Crippen LogP contribution in [0.25, 0.3) is 10.9 Å². The molecule has 0 saturated carbocycles. The zero-order valence-electron chi connectivity index (χ0n) is 17.0. The fraction of sp³-hybridized carbons (Fsp3) is 0.526. The van der Waals surface area contributed by atoms with Gasteiger partial charge in [0.15, 0.2) is 0 Å². The molecule has 4 nitrogen and oxygen atoms in total. The number of halogens is 1. The molecule has 0 atom stereocenters. The van der Waals surface area contributed by atoms with Crippen LogP contribution in [-0.2, 0) is 0 Å². The normalized spacial score (nSPS) is 11.5. The van der Waals surface area contributed by atoms with Crippen LogP contribution in [0.4, 0.5) is 4.79 Å². The van der Waals surface area contributed by atoms with Crippen LogP contribution in [0.15, 0.2) is 24.4 Å². The van der Waals surface area contributed by atoms with Crippen molar-refractivity contribution >= 4 is 48.3 Å². The van der Waals surface area contributed by atoms with Crippen LogP contribution in [0.5, 0.6) is 5.75 Å². The van der Waals surface area contributed by atoms with E-state index >= 15 is 0 Å². The van der Waals surface area contributed by atoms with Gasteiger partial charge in [-0.15, -0.1) is 17.5 Å². The summed E-state index contributed by atoms with van der Waals surface area (Å²) < 4.78 is 7.87. The number of fused-ring (bicyclic) bond motifs is 1. The van der Waals surface area contributed by atoms with Crippen molar-refractivity contribution in [2.45, 2.75) is 52.8 Å². The number of benzene rings is 1. The summed E-state index contributed by atoms with van der Waals surface area (Å²) in [5.41, 5.74) is 1.16. The van der Waals surface area contributed by atoms with Crippen LogP contribution in [0.3, 0.4) is 0 Å². The summed E-state index contributed by atoms with van der Waals surface area (Å²) in [5.74, 6) is 0.479. The Hall–Kier alpha value is -0.507. The van der Waals surface area contributed by atoms with Gasteiger partial charge in [-0.2, -0.15) is 0 Å². The average molecular weight is 450 g/mol. The Bertz CT molecular complexity index is 737. The Morgan fingerprint density at radius 2 is 1.77 bits per heavy atom. The molecule has 26 heavy (non-hydrogen) atoms. The van der Waals surface area contributed by atoms with Gasteiger partial charge in [-0.1, -0.05) is 57.7 Å². The number of carbonyl (C=O) groups excluding carboxylic acids is 1. The zero-order chi connectivity index (χ0) is 18.1. The van der Waals surface area contributed by atoms with Crippen molar-refractivity contribution in [1.82, 2.24) is 9.13 Å². The standard InChI is InChI=1S/C19H29N2O2Si.BrH.Mg/c1-8-20(9-2)18(22)23-16-10-11-17-15(14-16)12-13-21(17)24(6,7)19(3,4)5;;/h10-13H,8-9H2,1-7H3;1H;/q-1;;+2/p-1. The molecule has 2 rings (SSSR count). The second-order valence-corrected chi connectivity index (χ2v) is 12.8. The van der Waals surface area contributed by atoms with Crippen molar-refractivity contribution in [3.8, 4) is 5.75 Å². The maximum absolute atomic E-state index is 12.1. The molecule has 7 heteroatoms. The van der Waals surface area contributed by atoms with E-state index in [9.17, 15) is 4.79 Å². The Morgan fingerprint density at radius 1 is 1.19 bits per heavy atom. The third kappa shape index (κ3) is 5.05. The molecule has 2 aromatic rings. The number of hydrogen-bond donors (Lipinski definition) is 0. The molecule has 0 fully saturated rings. The number of nitrogens with zero attached hydrogens (tertiary/aromatic N) is 2. The van der Waals surface area contributed by atoms with Crippen molar-refractivity contribution in [3.05, 3.63) is 30.5 Å². The van der Waals surface area contributed by atoms with Gasteiger partial charge in [-0.3, -0.25) is 0 Å². The first-order chi connectivity index (χ1) is 11.1. The van der Waals surface area contributed by atoms with Crippen molar-refractivity contribution in [2.75, 3.05) is 13.1 Å². The summed E-state index contributed by atoms with van der Waals surface area (Å²) in [6.07, 6.45) is 1.83. The Balaban J connectivity index is 0.00000312. The molecule has 0 aliphatic rings. The summed E-state index contributed by atoms with van der Waals surface area (Å²) in [6.45, 7) is 16.8. The largest absolute Gasteiger partial charge is 2.00 e. The van der Waals surface area contributed by atoms with Gasteiger partial charge in [0.1, 0.15) is 8.24 Å². The van der Waals surface area contributed by atoms with E-state index in [1.165, 1.54) is 0 Å². The van der Waals surface area contributed by atoms with E-state index in [4.69, 9.17) is 4.74 Å². The van der Waals surface area contributed by atoms with Crippen molar-refractivity contribution in [3.63, 3.8) is 0 Å². The van der Waals surface area contributed by atoms with E-state index in [1.54, 1.807) is 4.90 Å². The van der Waals surface area contributed by atoms with E-state index in [0.29, 0.717) is 18.8 Å². The van der Waals surface area contributed by atoms with E-state index in [0.717, 1.165) is 10.9 Å². The van der Waals surface area contributed by atoms with Gasteiger partial charge in [-0.25, -0.2) is 4.79 Å². The van der Waals surface area contributed by atoms with Gasteiger partial charge in [-0.05, 0) is 18.9 Å². The number of aromatic nitrogens is 1. The molecule has 0 saturated heterocycles. The SMILES string of the molecule is CCN(CC)C(=O)Oc1[c-]c2ccn([Si](C)(C)C(C)(C)C)c2cc1.[Br-].[Mg+2]. The molecule has 0 aliphatic heterocycles. The molecule has 1 aromatic heterocycles. The Morgan fingerprint density at radius 3 is 2.27 bits per heavy atom. The Labute approximate surface area is 185 Å². The second-order valence-electron chi connectivity index (χ2n) is 7.66. The van der Waals surface area contributed by atoms with Gasteiger partial charge in [0.2, 0.25) is 0 Å². The van der Waals surface area contributed by atoms with Crippen molar-refractivity contribution < 1.29 is 26.5 Å². The van der Waals surface area contributed by atoms with Gasteiger partial charge in [0, 0.05) is 13.1 Å². The molecule has 1 heterocycles. The first-order valence-electron chi connectivity index (χ1n) is 8.62. The molecule has 0 bridgehead atoms. The molecule has 0 radical (unpaired) electrons. The van der Waals surface area contributed by atoms with E-state index in [-0.39, 0.29) is 51.2 Å². The maximum Gasteiger partial charge on any atom is 2.00 e. The third-order valence-electron chi connectivity index (χ3n) is 5.23. The van der Waals surface area contributed by atoms with E-state index in [2.05, 4.69) is 56.4 Å². The maximum atomic E-state index is 12.1. The fourth-order valence-electron chi connectivity index (χ4n) is 2.60. The molecular weight excluding hydrogens is 421 g/mol. The van der Waals surface area contributed by atoms with Crippen molar-refractivity contribution in [2.24, 2.45) is 0 Å². The van der Waals surface area contributed by atoms with E-state index in [1.807, 2.05) is 26.0 Å². The van der Waals surface area contributed by atoms with Crippen LogP contribution in [0.1, 0.15) is 34.6 Å². The molecule has 1 amide bonds. The number of ether oxygens (including phenoxy) is 1. The van der Waals surface area contributed by atoms with Crippen LogP contribution in [0, 0.1) is 6.07 Å². The number of rotatable bonds is 4. The second kappa shape index (κ2) is 9.62. The number of amides is 1. The molecule has 0 spiro atoms. The van der Waals surface area contributed by atoms with Crippen LogP contribution in [0.2, 0.25) is 18.1 Å². The molecular formula is C19H29BrMgN2O2Si. The predicted molar refractivity (Wildman–Crippen MR) is 108 cm³/mol. The van der Waals surface area contributed by atoms with E-state index < -0.39 is 8.24 Å². The topological polar surface area (TPSA) is 34.5 Å². The summed E-state index contributed by atoms with van der Waals surface area (Å²) in [4.78, 5) is 13.7. The summed E-state index contributed by atoms with van der Waals surface area (Å²) >= 11 is 0. The zero-order valence-corrected chi connectivity index (χ0v) is 21.0. The molecule has 1 aromatic carbocycles. The first kappa shape index (κ1) is 25.5.